The monoisotopic (exact) mass is 420 g/mol. The molecule has 2 aromatic carbocycles. The van der Waals surface area contributed by atoms with E-state index in [1.54, 1.807) is 12.1 Å². The number of rotatable bonds is 8. The second kappa shape index (κ2) is 9.93. The minimum atomic E-state index is -1.11. The second-order valence-electron chi connectivity index (χ2n) is 6.11. The Kier molecular flexibility index (Phi) is 7.61. The Morgan fingerprint density at radius 2 is 2.03 bits per heavy atom. The molecule has 0 aliphatic heterocycles. The summed E-state index contributed by atoms with van der Waals surface area (Å²) in [5.41, 5.74) is 6.32. The zero-order chi connectivity index (χ0) is 21.6. The van der Waals surface area contributed by atoms with E-state index in [9.17, 15) is 14.0 Å². The predicted molar refractivity (Wildman–Crippen MR) is 109 cm³/mol. The summed E-state index contributed by atoms with van der Waals surface area (Å²) in [5, 5.41) is 0.335. The van der Waals surface area contributed by atoms with Crippen molar-refractivity contribution >= 4 is 29.5 Å². The van der Waals surface area contributed by atoms with Gasteiger partial charge in [-0.3, -0.25) is 9.59 Å². The maximum atomic E-state index is 13.5. The molecule has 2 N–H and O–H groups in total. The number of primary amides is 1. The van der Waals surface area contributed by atoms with Crippen LogP contribution in [0, 0.1) is 5.82 Å². The van der Waals surface area contributed by atoms with Crippen molar-refractivity contribution in [2.24, 2.45) is 5.73 Å². The summed E-state index contributed by atoms with van der Waals surface area (Å²) >= 11 is 6.23. The van der Waals surface area contributed by atoms with Gasteiger partial charge in [0.25, 0.3) is 0 Å². The van der Waals surface area contributed by atoms with Gasteiger partial charge in [-0.05, 0) is 48.4 Å². The molecule has 0 aromatic heterocycles. The third-order valence-corrected chi connectivity index (χ3v) is 4.41. The lowest BCUT2D eigenvalue weighted by atomic mass is 10.0. The van der Waals surface area contributed by atoms with Gasteiger partial charge in [0.05, 0.1) is 18.7 Å². The van der Waals surface area contributed by atoms with Crippen LogP contribution in [0.5, 0.6) is 11.5 Å². The fourth-order valence-electron chi connectivity index (χ4n) is 2.79. The number of nitrogens with two attached hydrogens (primary N) is 1. The summed E-state index contributed by atoms with van der Waals surface area (Å²) in [7, 11) is 2.90. The highest BCUT2D eigenvalue weighted by Crippen LogP contribution is 2.36. The molecular formula is C21H22ClFN2O4. The molecule has 6 nitrogen and oxygen atoms in total. The lowest BCUT2D eigenvalue weighted by molar-refractivity contribution is -0.134. The Balaban J connectivity index is 2.27. The van der Waals surface area contributed by atoms with E-state index in [4.69, 9.17) is 26.8 Å². The average Bonchev–Trinajstić information content (AvgIpc) is 2.67. The minimum absolute atomic E-state index is 0.285. The van der Waals surface area contributed by atoms with Crippen molar-refractivity contribution < 1.29 is 23.5 Å². The number of benzene rings is 2. The second-order valence-corrected chi connectivity index (χ2v) is 6.52. The molecule has 2 aromatic rings. The van der Waals surface area contributed by atoms with Gasteiger partial charge in [-0.25, -0.2) is 4.39 Å². The van der Waals surface area contributed by atoms with Crippen molar-refractivity contribution in [3.8, 4) is 11.5 Å². The number of carbonyl (C=O) groups is 2. The van der Waals surface area contributed by atoms with Gasteiger partial charge in [0.2, 0.25) is 11.8 Å². The zero-order valence-electron chi connectivity index (χ0n) is 16.3. The maximum absolute atomic E-state index is 13.5. The third-order valence-electron chi connectivity index (χ3n) is 4.13. The molecule has 0 spiro atoms. The van der Waals surface area contributed by atoms with E-state index >= 15 is 0 Å². The number of ether oxygens (including phenoxy) is 2. The van der Waals surface area contributed by atoms with E-state index in [2.05, 4.69) is 0 Å². The summed E-state index contributed by atoms with van der Waals surface area (Å²) < 4.78 is 24.3. The number of halogens is 2. The summed E-state index contributed by atoms with van der Waals surface area (Å²) in [5.74, 6) is -0.958. The third kappa shape index (κ3) is 5.48. The molecular weight excluding hydrogens is 399 g/mol. The number of carbonyl (C=O) groups excluding carboxylic acids is 2. The highest BCUT2D eigenvalue weighted by atomic mass is 35.5. The first kappa shape index (κ1) is 22.2. The van der Waals surface area contributed by atoms with Gasteiger partial charge >= 0.3 is 0 Å². The maximum Gasteiger partial charge on any atom is 0.247 e. The van der Waals surface area contributed by atoms with Gasteiger partial charge in [0.15, 0.2) is 11.5 Å². The van der Waals surface area contributed by atoms with Crippen LogP contribution < -0.4 is 15.2 Å². The number of likely N-dealkylation sites (N-methyl/N-ethyl adjacent to an activating group) is 1. The first-order valence-electron chi connectivity index (χ1n) is 8.78. The van der Waals surface area contributed by atoms with Crippen molar-refractivity contribution in [1.29, 1.82) is 0 Å². The van der Waals surface area contributed by atoms with Crippen molar-refractivity contribution in [3.63, 3.8) is 0 Å². The van der Waals surface area contributed by atoms with Gasteiger partial charge in [-0.15, -0.1) is 0 Å². The van der Waals surface area contributed by atoms with Crippen LogP contribution in [0.1, 0.15) is 24.1 Å². The Bertz CT molecular complexity index is 933. The zero-order valence-corrected chi connectivity index (χ0v) is 17.1. The molecule has 0 aliphatic rings. The van der Waals surface area contributed by atoms with E-state index in [1.165, 1.54) is 50.6 Å². The minimum Gasteiger partial charge on any atom is -0.493 e. The first-order chi connectivity index (χ1) is 13.8. The van der Waals surface area contributed by atoms with Crippen LogP contribution >= 0.6 is 11.6 Å². The number of methoxy groups -OCH3 is 1. The van der Waals surface area contributed by atoms with Crippen LogP contribution in [0.4, 0.5) is 4.39 Å². The van der Waals surface area contributed by atoms with Gasteiger partial charge in [0, 0.05) is 13.1 Å². The average molecular weight is 421 g/mol. The topological polar surface area (TPSA) is 81.9 Å². The van der Waals surface area contributed by atoms with Crippen LogP contribution in [-0.2, 0) is 9.59 Å². The molecule has 0 radical (unpaired) electrons. The Hall–Kier alpha value is -3.06. The molecule has 1 atom stereocenters. The molecule has 0 heterocycles. The number of amides is 2. The number of nitrogens with zero attached hydrogens (tertiary/aromatic N) is 1. The predicted octanol–water partition coefficient (Wildman–Crippen LogP) is 3.58. The van der Waals surface area contributed by atoms with Crippen molar-refractivity contribution in [3.05, 3.63) is 64.4 Å². The summed E-state index contributed by atoms with van der Waals surface area (Å²) in [6, 6.07) is 7.56. The molecule has 0 saturated heterocycles. The van der Waals surface area contributed by atoms with Gasteiger partial charge in [0.1, 0.15) is 11.9 Å². The lowest BCUT2D eigenvalue weighted by Crippen LogP contribution is -2.38. The molecule has 0 aliphatic carbocycles. The fourth-order valence-corrected chi connectivity index (χ4v) is 3.06. The molecule has 0 fully saturated rings. The Morgan fingerprint density at radius 1 is 1.31 bits per heavy atom. The summed E-state index contributed by atoms with van der Waals surface area (Å²) in [4.78, 5) is 25.6. The van der Waals surface area contributed by atoms with Gasteiger partial charge < -0.3 is 20.1 Å². The van der Waals surface area contributed by atoms with Crippen molar-refractivity contribution in [1.82, 2.24) is 4.90 Å². The molecule has 1 unspecified atom stereocenters. The van der Waals surface area contributed by atoms with Gasteiger partial charge in [-0.1, -0.05) is 23.7 Å². The van der Waals surface area contributed by atoms with Crippen LogP contribution in [0.25, 0.3) is 6.08 Å². The largest absolute Gasteiger partial charge is 0.493 e. The molecule has 2 amide bonds. The van der Waals surface area contributed by atoms with Crippen molar-refractivity contribution in [2.75, 3.05) is 20.8 Å². The molecule has 2 rings (SSSR count). The molecule has 0 saturated carbocycles. The molecule has 29 heavy (non-hydrogen) atoms. The Morgan fingerprint density at radius 3 is 2.62 bits per heavy atom. The smallest absolute Gasteiger partial charge is 0.247 e. The van der Waals surface area contributed by atoms with E-state index in [-0.39, 0.29) is 5.56 Å². The van der Waals surface area contributed by atoms with Crippen molar-refractivity contribution in [2.45, 2.75) is 13.0 Å². The molecule has 8 heteroatoms. The van der Waals surface area contributed by atoms with Crippen LogP contribution in [0.15, 0.2) is 42.5 Å². The summed E-state index contributed by atoms with van der Waals surface area (Å²) in [6.45, 7) is 2.25. The van der Waals surface area contributed by atoms with E-state index in [0.29, 0.717) is 28.7 Å². The SMILES string of the molecule is CCOc1c(Cl)cc(/C=C/C(=O)N(C)C(C(N)=O)c2cccc(F)c2)cc1OC. The van der Waals surface area contributed by atoms with Crippen LogP contribution in [0.2, 0.25) is 5.02 Å². The van der Waals surface area contributed by atoms with E-state index in [1.807, 2.05) is 6.92 Å². The number of hydrogen-bond acceptors (Lipinski definition) is 4. The van der Waals surface area contributed by atoms with Crippen LogP contribution in [-0.4, -0.2) is 37.5 Å². The van der Waals surface area contributed by atoms with Gasteiger partial charge in [-0.2, -0.15) is 0 Å². The molecule has 154 valence electrons. The van der Waals surface area contributed by atoms with Crippen LogP contribution in [0.3, 0.4) is 0 Å². The lowest BCUT2D eigenvalue weighted by Gasteiger charge is -2.25. The van der Waals surface area contributed by atoms with E-state index < -0.39 is 23.7 Å². The normalized spacial score (nSPS) is 11.9. The first-order valence-corrected chi connectivity index (χ1v) is 9.16. The summed E-state index contributed by atoms with van der Waals surface area (Å²) in [6.07, 6.45) is 2.78. The Labute approximate surface area is 173 Å². The van der Waals surface area contributed by atoms with E-state index in [0.717, 1.165) is 4.90 Å². The fraction of sp³-hybridized carbons (Fsp3) is 0.238. The standard InChI is InChI=1S/C21H22ClFN2O4/c1-4-29-20-16(22)10-13(11-17(20)28-3)8-9-18(26)25(2)19(21(24)27)14-6-5-7-15(23)12-14/h5-12,19H,4H2,1-3H3,(H2,24,27)/b9-8+. The highest BCUT2D eigenvalue weighted by Gasteiger charge is 2.26. The molecule has 0 bridgehead atoms. The highest BCUT2D eigenvalue weighted by molar-refractivity contribution is 6.32. The number of hydrogen-bond donors (Lipinski definition) is 1. The quantitative estimate of drug-likeness (QED) is 0.662.